The Kier molecular flexibility index (Phi) is 3.71. The zero-order valence-electron chi connectivity index (χ0n) is 14.1. The fraction of sp³-hybridized carbons (Fsp3) is 0.400. The number of hydrogen-bond donors (Lipinski definition) is 1. The van der Waals surface area contributed by atoms with E-state index >= 15 is 0 Å². The molecule has 0 bridgehead atoms. The van der Waals surface area contributed by atoms with Crippen molar-refractivity contribution < 1.29 is 0 Å². The first-order valence-electron chi connectivity index (χ1n) is 9.12. The second kappa shape index (κ2) is 6.07. The first kappa shape index (κ1) is 15.3. The number of aromatic amines is 1. The van der Waals surface area contributed by atoms with E-state index in [1.54, 1.807) is 11.3 Å². The molecule has 3 heterocycles. The van der Waals surface area contributed by atoms with Gasteiger partial charge in [-0.05, 0) is 49.8 Å². The first-order valence-corrected chi connectivity index (χ1v) is 9.94. The standard InChI is InChI=1S/C20H21N3OS/c24-19-18-14-8-4-10-16(14)25-20(18)22-17(21-19)12-23-11-5-9-15(23)13-6-2-1-3-7-13/h1-3,6-7,15H,4-5,8-12H2,(H,21,22,24)/t15-/m1/s1. The van der Waals surface area contributed by atoms with Gasteiger partial charge in [0.05, 0.1) is 11.9 Å². The summed E-state index contributed by atoms with van der Waals surface area (Å²) in [6.45, 7) is 1.77. The summed E-state index contributed by atoms with van der Waals surface area (Å²) in [4.78, 5) is 25.3. The van der Waals surface area contributed by atoms with E-state index in [1.165, 1.54) is 35.3 Å². The largest absolute Gasteiger partial charge is 0.309 e. The van der Waals surface area contributed by atoms with Crippen LogP contribution in [0.5, 0.6) is 0 Å². The number of thiophene rings is 1. The third kappa shape index (κ3) is 2.62. The molecule has 1 aliphatic heterocycles. The molecule has 0 spiro atoms. The summed E-state index contributed by atoms with van der Waals surface area (Å²) in [6.07, 6.45) is 5.67. The average molecular weight is 351 g/mol. The van der Waals surface area contributed by atoms with Gasteiger partial charge in [-0.15, -0.1) is 11.3 Å². The van der Waals surface area contributed by atoms with Gasteiger partial charge in [-0.3, -0.25) is 9.69 Å². The summed E-state index contributed by atoms with van der Waals surface area (Å²) in [5.74, 6) is 0.806. The molecule has 0 amide bonds. The number of H-pyrrole nitrogens is 1. The van der Waals surface area contributed by atoms with Gasteiger partial charge in [0.25, 0.3) is 5.56 Å². The first-order chi connectivity index (χ1) is 12.3. The molecule has 25 heavy (non-hydrogen) atoms. The molecule has 0 unspecified atom stereocenters. The summed E-state index contributed by atoms with van der Waals surface area (Å²) in [6, 6.07) is 11.1. The average Bonchev–Trinajstić information content (AvgIpc) is 3.31. The lowest BCUT2D eigenvalue weighted by molar-refractivity contribution is 0.242. The number of benzene rings is 1. The van der Waals surface area contributed by atoms with E-state index in [0.29, 0.717) is 12.6 Å². The van der Waals surface area contributed by atoms with Crippen molar-refractivity contribution in [3.63, 3.8) is 0 Å². The highest BCUT2D eigenvalue weighted by atomic mass is 32.1. The maximum absolute atomic E-state index is 12.6. The lowest BCUT2D eigenvalue weighted by atomic mass is 10.0. The maximum Gasteiger partial charge on any atom is 0.259 e. The molecule has 0 saturated carbocycles. The second-order valence-corrected chi connectivity index (χ2v) is 8.17. The predicted octanol–water partition coefficient (Wildman–Crippen LogP) is 3.81. The number of rotatable bonds is 3. The SMILES string of the molecule is O=c1[nH]c(CN2CCC[C@@H]2c2ccccc2)nc2sc3c(c12)CCC3. The molecule has 4 nitrogen and oxygen atoms in total. The van der Waals surface area contributed by atoms with Crippen molar-refractivity contribution in [3.8, 4) is 0 Å². The lowest BCUT2D eigenvalue weighted by Crippen LogP contribution is -2.25. The van der Waals surface area contributed by atoms with Crippen LogP contribution in [0.4, 0.5) is 0 Å². The third-order valence-electron chi connectivity index (χ3n) is 5.52. The van der Waals surface area contributed by atoms with E-state index in [-0.39, 0.29) is 5.56 Å². The Hall–Kier alpha value is -1.98. The molecule has 1 aliphatic carbocycles. The van der Waals surface area contributed by atoms with Crippen molar-refractivity contribution in [2.75, 3.05) is 6.54 Å². The number of aromatic nitrogens is 2. The zero-order valence-corrected chi connectivity index (χ0v) is 14.9. The lowest BCUT2D eigenvalue weighted by Gasteiger charge is -2.24. The Balaban J connectivity index is 1.47. The molecule has 128 valence electrons. The number of aryl methyl sites for hydroxylation is 2. The summed E-state index contributed by atoms with van der Waals surface area (Å²) < 4.78 is 0. The molecule has 1 saturated heterocycles. The highest BCUT2D eigenvalue weighted by Gasteiger charge is 2.27. The molecular weight excluding hydrogens is 330 g/mol. The van der Waals surface area contributed by atoms with Gasteiger partial charge in [-0.1, -0.05) is 30.3 Å². The van der Waals surface area contributed by atoms with E-state index in [2.05, 4.69) is 40.2 Å². The Labute approximate surface area is 150 Å². The Morgan fingerprint density at radius 3 is 2.96 bits per heavy atom. The van der Waals surface area contributed by atoms with Crippen molar-refractivity contribution in [2.24, 2.45) is 0 Å². The van der Waals surface area contributed by atoms with Crippen LogP contribution in [-0.2, 0) is 19.4 Å². The molecule has 2 aromatic heterocycles. The summed E-state index contributed by atoms with van der Waals surface area (Å²) in [5, 5.41) is 0.849. The third-order valence-corrected chi connectivity index (χ3v) is 6.71. The van der Waals surface area contributed by atoms with Gasteiger partial charge in [0, 0.05) is 10.9 Å². The number of nitrogens with zero attached hydrogens (tertiary/aromatic N) is 2. The van der Waals surface area contributed by atoms with E-state index < -0.39 is 0 Å². The Morgan fingerprint density at radius 2 is 2.08 bits per heavy atom. The zero-order chi connectivity index (χ0) is 16.8. The van der Waals surface area contributed by atoms with Crippen molar-refractivity contribution in [1.82, 2.24) is 14.9 Å². The van der Waals surface area contributed by atoms with Crippen LogP contribution in [0.15, 0.2) is 35.1 Å². The van der Waals surface area contributed by atoms with Crippen LogP contribution in [0, 0.1) is 0 Å². The normalized spacial score (nSPS) is 20.4. The molecule has 5 heteroatoms. The van der Waals surface area contributed by atoms with E-state index in [4.69, 9.17) is 4.98 Å². The van der Waals surface area contributed by atoms with Crippen molar-refractivity contribution in [3.05, 3.63) is 62.5 Å². The molecule has 5 rings (SSSR count). The molecule has 1 aromatic carbocycles. The van der Waals surface area contributed by atoms with Gasteiger partial charge in [-0.2, -0.15) is 0 Å². The molecule has 1 fully saturated rings. The van der Waals surface area contributed by atoms with E-state index in [1.807, 2.05) is 0 Å². The monoisotopic (exact) mass is 351 g/mol. The van der Waals surface area contributed by atoms with Gasteiger partial charge >= 0.3 is 0 Å². The van der Waals surface area contributed by atoms with Gasteiger partial charge < -0.3 is 4.98 Å². The van der Waals surface area contributed by atoms with Crippen LogP contribution in [-0.4, -0.2) is 21.4 Å². The summed E-state index contributed by atoms with van der Waals surface area (Å²) in [5.41, 5.74) is 2.66. The minimum absolute atomic E-state index is 0.0508. The fourth-order valence-corrected chi connectivity index (χ4v) is 5.66. The minimum atomic E-state index is 0.0508. The molecule has 3 aromatic rings. The quantitative estimate of drug-likeness (QED) is 0.781. The molecular formula is C20H21N3OS. The molecule has 1 atom stereocenters. The number of likely N-dealkylation sites (tertiary alicyclic amines) is 1. The van der Waals surface area contributed by atoms with Crippen LogP contribution in [0.2, 0.25) is 0 Å². The fourth-order valence-electron chi connectivity index (χ4n) is 4.38. The van der Waals surface area contributed by atoms with Crippen LogP contribution >= 0.6 is 11.3 Å². The Bertz CT molecular complexity index is 976. The smallest absolute Gasteiger partial charge is 0.259 e. The van der Waals surface area contributed by atoms with Gasteiger partial charge in [0.1, 0.15) is 10.7 Å². The second-order valence-electron chi connectivity index (χ2n) is 7.09. The topological polar surface area (TPSA) is 49.0 Å². The molecule has 0 radical (unpaired) electrons. The summed E-state index contributed by atoms with van der Waals surface area (Å²) in [7, 11) is 0. The highest BCUT2D eigenvalue weighted by molar-refractivity contribution is 7.18. The van der Waals surface area contributed by atoms with Gasteiger partial charge in [-0.25, -0.2) is 4.98 Å². The maximum atomic E-state index is 12.6. The predicted molar refractivity (Wildman–Crippen MR) is 101 cm³/mol. The number of hydrogen-bond acceptors (Lipinski definition) is 4. The number of nitrogens with one attached hydrogen (secondary N) is 1. The van der Waals surface area contributed by atoms with Crippen molar-refractivity contribution >= 4 is 21.6 Å². The molecule has 1 N–H and O–H groups in total. The van der Waals surface area contributed by atoms with Crippen LogP contribution in [0.3, 0.4) is 0 Å². The van der Waals surface area contributed by atoms with Gasteiger partial charge in [0.15, 0.2) is 0 Å². The van der Waals surface area contributed by atoms with Crippen LogP contribution in [0.1, 0.15) is 47.1 Å². The van der Waals surface area contributed by atoms with Crippen molar-refractivity contribution in [1.29, 1.82) is 0 Å². The van der Waals surface area contributed by atoms with Gasteiger partial charge in [0.2, 0.25) is 0 Å². The highest BCUT2D eigenvalue weighted by Crippen LogP contribution is 2.35. The van der Waals surface area contributed by atoms with Crippen LogP contribution in [0.25, 0.3) is 10.2 Å². The number of fused-ring (bicyclic) bond motifs is 3. The minimum Gasteiger partial charge on any atom is -0.309 e. The molecule has 2 aliphatic rings. The van der Waals surface area contributed by atoms with E-state index in [9.17, 15) is 4.79 Å². The van der Waals surface area contributed by atoms with Crippen LogP contribution < -0.4 is 5.56 Å². The van der Waals surface area contributed by atoms with E-state index in [0.717, 1.165) is 35.4 Å². The van der Waals surface area contributed by atoms with Crippen molar-refractivity contribution in [2.45, 2.75) is 44.7 Å². The Morgan fingerprint density at radius 1 is 1.20 bits per heavy atom. The summed E-state index contributed by atoms with van der Waals surface area (Å²) >= 11 is 1.72.